The summed E-state index contributed by atoms with van der Waals surface area (Å²) in [6.45, 7) is 5.54. The molecule has 0 aliphatic heterocycles. The lowest BCUT2D eigenvalue weighted by molar-refractivity contribution is -0.126. The minimum absolute atomic E-state index is 0.0724. The SMILES string of the molecule is CC(C)(C)NC(=O)CNC(=O)Cc1csc(-c2cccc(F)c2)n1. The second-order valence-electron chi connectivity index (χ2n) is 6.41. The van der Waals surface area contributed by atoms with Gasteiger partial charge in [-0.2, -0.15) is 0 Å². The number of nitrogens with zero attached hydrogens (tertiary/aromatic N) is 1. The van der Waals surface area contributed by atoms with Gasteiger partial charge in [-0.1, -0.05) is 12.1 Å². The zero-order valence-electron chi connectivity index (χ0n) is 13.9. The lowest BCUT2D eigenvalue weighted by atomic mass is 10.1. The highest BCUT2D eigenvalue weighted by molar-refractivity contribution is 7.13. The Morgan fingerprint density at radius 3 is 2.67 bits per heavy atom. The highest BCUT2D eigenvalue weighted by atomic mass is 32.1. The number of thiazole rings is 1. The van der Waals surface area contributed by atoms with Crippen molar-refractivity contribution in [2.45, 2.75) is 32.7 Å². The minimum atomic E-state index is -0.337. The highest BCUT2D eigenvalue weighted by Gasteiger charge is 2.15. The van der Waals surface area contributed by atoms with E-state index in [-0.39, 0.29) is 36.1 Å². The molecule has 0 unspecified atom stereocenters. The maximum atomic E-state index is 13.2. The fraction of sp³-hybridized carbons (Fsp3) is 0.353. The number of carbonyl (C=O) groups is 2. The molecule has 2 amide bonds. The van der Waals surface area contributed by atoms with Crippen LogP contribution in [-0.2, 0) is 16.0 Å². The van der Waals surface area contributed by atoms with Gasteiger partial charge in [0.2, 0.25) is 11.8 Å². The number of amides is 2. The number of hydrogen-bond donors (Lipinski definition) is 2. The largest absolute Gasteiger partial charge is 0.350 e. The zero-order valence-corrected chi connectivity index (χ0v) is 14.7. The summed E-state index contributed by atoms with van der Waals surface area (Å²) in [5.41, 5.74) is 0.931. The summed E-state index contributed by atoms with van der Waals surface area (Å²) in [6, 6.07) is 6.16. The van der Waals surface area contributed by atoms with Gasteiger partial charge in [0.15, 0.2) is 0 Å². The van der Waals surface area contributed by atoms with Crippen molar-refractivity contribution in [2.24, 2.45) is 0 Å². The van der Waals surface area contributed by atoms with Gasteiger partial charge < -0.3 is 10.6 Å². The van der Waals surface area contributed by atoms with Gasteiger partial charge in [0, 0.05) is 16.5 Å². The number of halogens is 1. The van der Waals surface area contributed by atoms with E-state index < -0.39 is 0 Å². The molecule has 0 aliphatic rings. The first kappa shape index (κ1) is 18.1. The smallest absolute Gasteiger partial charge is 0.239 e. The summed E-state index contributed by atoms with van der Waals surface area (Å²) in [6.07, 6.45) is 0.0780. The van der Waals surface area contributed by atoms with Gasteiger partial charge in [-0.15, -0.1) is 11.3 Å². The first-order chi connectivity index (χ1) is 11.2. The Balaban J connectivity index is 1.88. The van der Waals surface area contributed by atoms with Crippen LogP contribution in [0.15, 0.2) is 29.6 Å². The van der Waals surface area contributed by atoms with Crippen LogP contribution in [0, 0.1) is 5.82 Å². The molecular formula is C17H20FN3O2S. The fourth-order valence-corrected chi connectivity index (χ4v) is 2.83. The summed E-state index contributed by atoms with van der Waals surface area (Å²) in [7, 11) is 0. The maximum absolute atomic E-state index is 13.2. The van der Waals surface area contributed by atoms with Crippen molar-refractivity contribution < 1.29 is 14.0 Å². The zero-order chi connectivity index (χ0) is 17.7. The molecule has 2 N–H and O–H groups in total. The molecule has 0 aliphatic carbocycles. The van der Waals surface area contributed by atoms with Crippen molar-refractivity contribution in [3.05, 3.63) is 41.2 Å². The van der Waals surface area contributed by atoms with Crippen LogP contribution >= 0.6 is 11.3 Å². The van der Waals surface area contributed by atoms with Crippen LogP contribution in [0.5, 0.6) is 0 Å². The van der Waals surface area contributed by atoms with Gasteiger partial charge in [-0.05, 0) is 32.9 Å². The van der Waals surface area contributed by atoms with E-state index in [4.69, 9.17) is 0 Å². The summed E-state index contributed by atoms with van der Waals surface area (Å²) in [4.78, 5) is 27.9. The Morgan fingerprint density at radius 1 is 1.25 bits per heavy atom. The molecule has 0 radical (unpaired) electrons. The molecule has 0 saturated carbocycles. The van der Waals surface area contributed by atoms with Gasteiger partial charge >= 0.3 is 0 Å². The molecular weight excluding hydrogens is 329 g/mol. The first-order valence-corrected chi connectivity index (χ1v) is 8.39. The summed E-state index contributed by atoms with van der Waals surface area (Å²) in [5.74, 6) is -0.850. The normalized spacial score (nSPS) is 11.2. The van der Waals surface area contributed by atoms with E-state index in [2.05, 4.69) is 15.6 Å². The number of nitrogens with one attached hydrogen (secondary N) is 2. The lowest BCUT2D eigenvalue weighted by Crippen LogP contribution is -2.46. The monoisotopic (exact) mass is 349 g/mol. The minimum Gasteiger partial charge on any atom is -0.350 e. The van der Waals surface area contributed by atoms with Crippen molar-refractivity contribution in [1.82, 2.24) is 15.6 Å². The Morgan fingerprint density at radius 2 is 2.00 bits per heavy atom. The molecule has 1 aromatic carbocycles. The van der Waals surface area contributed by atoms with Crippen LogP contribution in [0.4, 0.5) is 4.39 Å². The number of aromatic nitrogens is 1. The molecule has 0 saturated heterocycles. The van der Waals surface area contributed by atoms with E-state index in [0.29, 0.717) is 16.3 Å². The molecule has 0 fully saturated rings. The maximum Gasteiger partial charge on any atom is 0.239 e. The molecule has 0 bridgehead atoms. The van der Waals surface area contributed by atoms with Gasteiger partial charge in [0.05, 0.1) is 18.7 Å². The average molecular weight is 349 g/mol. The third-order valence-corrected chi connectivity index (χ3v) is 3.87. The van der Waals surface area contributed by atoms with Crippen LogP contribution in [-0.4, -0.2) is 28.9 Å². The number of carbonyl (C=O) groups excluding carboxylic acids is 2. The molecule has 128 valence electrons. The van der Waals surface area contributed by atoms with Crippen molar-refractivity contribution >= 4 is 23.2 Å². The van der Waals surface area contributed by atoms with E-state index in [1.54, 1.807) is 17.5 Å². The van der Waals surface area contributed by atoms with Crippen LogP contribution in [0.25, 0.3) is 10.6 Å². The quantitative estimate of drug-likeness (QED) is 0.871. The van der Waals surface area contributed by atoms with E-state index in [9.17, 15) is 14.0 Å². The van der Waals surface area contributed by atoms with Gasteiger partial charge in [-0.3, -0.25) is 9.59 Å². The molecule has 2 aromatic rings. The Bertz CT molecular complexity index is 737. The van der Waals surface area contributed by atoms with Gasteiger partial charge in [-0.25, -0.2) is 9.37 Å². The lowest BCUT2D eigenvalue weighted by Gasteiger charge is -2.20. The average Bonchev–Trinajstić information content (AvgIpc) is 2.92. The molecule has 1 aromatic heterocycles. The second kappa shape index (κ2) is 7.53. The van der Waals surface area contributed by atoms with Crippen LogP contribution in [0.2, 0.25) is 0 Å². The molecule has 0 atom stereocenters. The Labute approximate surface area is 144 Å². The van der Waals surface area contributed by atoms with E-state index in [1.165, 1.54) is 23.5 Å². The Kier molecular flexibility index (Phi) is 5.66. The predicted molar refractivity (Wildman–Crippen MR) is 92.1 cm³/mol. The van der Waals surface area contributed by atoms with E-state index >= 15 is 0 Å². The van der Waals surface area contributed by atoms with Crippen LogP contribution in [0.1, 0.15) is 26.5 Å². The highest BCUT2D eigenvalue weighted by Crippen LogP contribution is 2.24. The molecule has 7 heteroatoms. The molecule has 2 rings (SSSR count). The van der Waals surface area contributed by atoms with Gasteiger partial charge in [0.1, 0.15) is 10.8 Å². The Hall–Kier alpha value is -2.28. The van der Waals surface area contributed by atoms with Crippen molar-refractivity contribution in [1.29, 1.82) is 0 Å². The molecule has 24 heavy (non-hydrogen) atoms. The predicted octanol–water partition coefficient (Wildman–Crippen LogP) is 2.52. The standard InChI is InChI=1S/C17H20FN3O2S/c1-17(2,3)21-15(23)9-19-14(22)8-13-10-24-16(20-13)11-5-4-6-12(18)7-11/h4-7,10H,8-9H2,1-3H3,(H,19,22)(H,21,23). The summed E-state index contributed by atoms with van der Waals surface area (Å²) < 4.78 is 13.2. The van der Waals surface area contributed by atoms with Crippen molar-refractivity contribution in [3.8, 4) is 10.6 Å². The summed E-state index contributed by atoms with van der Waals surface area (Å²) >= 11 is 1.35. The van der Waals surface area contributed by atoms with E-state index in [0.717, 1.165) is 0 Å². The van der Waals surface area contributed by atoms with Crippen LogP contribution in [0.3, 0.4) is 0 Å². The van der Waals surface area contributed by atoms with Crippen LogP contribution < -0.4 is 10.6 Å². The summed E-state index contributed by atoms with van der Waals surface area (Å²) in [5, 5.41) is 7.75. The first-order valence-electron chi connectivity index (χ1n) is 7.51. The second-order valence-corrected chi connectivity index (χ2v) is 7.26. The topological polar surface area (TPSA) is 71.1 Å². The molecule has 1 heterocycles. The van der Waals surface area contributed by atoms with Crippen molar-refractivity contribution in [3.63, 3.8) is 0 Å². The van der Waals surface area contributed by atoms with Crippen molar-refractivity contribution in [2.75, 3.05) is 6.54 Å². The molecule has 5 nitrogen and oxygen atoms in total. The number of rotatable bonds is 5. The number of benzene rings is 1. The number of hydrogen-bond acceptors (Lipinski definition) is 4. The third-order valence-electron chi connectivity index (χ3n) is 2.93. The fourth-order valence-electron chi connectivity index (χ4n) is 2.01. The van der Waals surface area contributed by atoms with Gasteiger partial charge in [0.25, 0.3) is 0 Å². The van der Waals surface area contributed by atoms with E-state index in [1.807, 2.05) is 20.8 Å². The molecule has 0 spiro atoms. The third kappa shape index (κ3) is 5.73.